The van der Waals surface area contributed by atoms with Crippen LogP contribution in [0.4, 0.5) is 74.6 Å². The van der Waals surface area contributed by atoms with E-state index >= 15 is 0 Å². The van der Waals surface area contributed by atoms with Crippen molar-refractivity contribution in [3.05, 3.63) is 0 Å². The Morgan fingerprint density at radius 2 is 0.727 bits per heavy atom. The minimum atomic E-state index is -8.67. The first kappa shape index (κ1) is 31.8. The van der Waals surface area contributed by atoms with Gasteiger partial charge in [-0.2, -0.15) is 74.6 Å². The van der Waals surface area contributed by atoms with E-state index in [1.54, 1.807) is 0 Å². The van der Waals surface area contributed by atoms with Crippen LogP contribution in [-0.2, 0) is 0 Å². The topological polar surface area (TPSA) is 20.2 Å². The average molecular weight is 534 g/mol. The number of aliphatic hydroxyl groups is 1. The van der Waals surface area contributed by atoms with Crippen LogP contribution in [0, 0.1) is 0 Å². The summed E-state index contributed by atoms with van der Waals surface area (Å²) in [5, 5.41) is 9.42. The molecule has 0 saturated carbocycles. The van der Waals surface area contributed by atoms with Crippen LogP contribution in [0.2, 0.25) is 0 Å². The zero-order valence-electron chi connectivity index (χ0n) is 16.2. The lowest BCUT2D eigenvalue weighted by atomic mass is 9.81. The molecule has 33 heavy (non-hydrogen) atoms. The largest absolute Gasteiger partial charge is 0.460 e. The van der Waals surface area contributed by atoms with Gasteiger partial charge in [0.25, 0.3) is 0 Å². The summed E-state index contributed by atoms with van der Waals surface area (Å²) in [5.41, 5.74) is -4.38. The maximum absolute atomic E-state index is 14.0. The van der Waals surface area contributed by atoms with E-state index in [1.165, 1.54) is 6.92 Å². The SMILES string of the molecule is CCCCCC(C)(O)C(F)(F)C(F)(F)C(F)(F)C(F)(F)C(F)(F)C(F)(F)C(F)(F)C(F)(F)F. The second-order valence-corrected chi connectivity index (χ2v) is 7.25. The molecule has 18 heteroatoms. The van der Waals surface area contributed by atoms with Crippen LogP contribution >= 0.6 is 0 Å². The molecule has 1 nitrogen and oxygen atoms in total. The third-order valence-corrected chi connectivity index (χ3v) is 4.67. The van der Waals surface area contributed by atoms with E-state index in [4.69, 9.17) is 0 Å². The minimum Gasteiger partial charge on any atom is -0.384 e. The van der Waals surface area contributed by atoms with E-state index in [-0.39, 0.29) is 19.8 Å². The van der Waals surface area contributed by atoms with Crippen molar-refractivity contribution in [2.75, 3.05) is 0 Å². The zero-order chi connectivity index (χ0) is 27.3. The standard InChI is InChI=1S/C15H15F17O/c1-3-4-5-6-7(2,33)8(16,17)9(18,19)10(20,21)11(22,23)12(24,25)13(26,27)14(28,29)15(30,31)32/h33H,3-6H2,1-2H3. The van der Waals surface area contributed by atoms with Gasteiger partial charge in [0.2, 0.25) is 0 Å². The molecule has 0 aliphatic carbocycles. The molecule has 1 atom stereocenters. The fourth-order valence-corrected chi connectivity index (χ4v) is 2.38. The summed E-state index contributed by atoms with van der Waals surface area (Å²) >= 11 is 0. The highest BCUT2D eigenvalue weighted by atomic mass is 19.4. The second-order valence-electron chi connectivity index (χ2n) is 7.25. The van der Waals surface area contributed by atoms with Crippen molar-refractivity contribution >= 4 is 0 Å². The molecule has 1 unspecified atom stereocenters. The molecule has 0 aromatic carbocycles. The number of halogens is 17. The fraction of sp³-hybridized carbons (Fsp3) is 1.00. The van der Waals surface area contributed by atoms with Gasteiger partial charge in [0.15, 0.2) is 0 Å². The third-order valence-electron chi connectivity index (χ3n) is 4.67. The Bertz CT molecular complexity index is 676. The van der Waals surface area contributed by atoms with Crippen LogP contribution in [0.3, 0.4) is 0 Å². The van der Waals surface area contributed by atoms with Crippen molar-refractivity contribution < 1.29 is 79.7 Å². The molecule has 0 saturated heterocycles. The summed E-state index contributed by atoms with van der Waals surface area (Å²) in [7, 11) is 0. The van der Waals surface area contributed by atoms with Crippen LogP contribution in [-0.4, -0.2) is 58.3 Å². The maximum atomic E-state index is 14.0. The van der Waals surface area contributed by atoms with E-state index in [2.05, 4.69) is 0 Å². The molecule has 0 radical (unpaired) electrons. The number of unbranched alkanes of at least 4 members (excludes halogenated alkanes) is 2. The van der Waals surface area contributed by atoms with E-state index in [1.807, 2.05) is 0 Å². The monoisotopic (exact) mass is 534 g/mol. The molecule has 0 amide bonds. The van der Waals surface area contributed by atoms with Crippen molar-refractivity contribution in [3.63, 3.8) is 0 Å². The highest BCUT2D eigenvalue weighted by Gasteiger charge is 2.95. The van der Waals surface area contributed by atoms with E-state index < -0.39 is 66.1 Å². The summed E-state index contributed by atoms with van der Waals surface area (Å²) in [5.74, 6) is -57.1. The molecular weight excluding hydrogens is 519 g/mol. The number of hydrogen-bond donors (Lipinski definition) is 1. The summed E-state index contributed by atoms with van der Waals surface area (Å²) in [6, 6.07) is 0. The van der Waals surface area contributed by atoms with Gasteiger partial charge in [-0.15, -0.1) is 0 Å². The summed E-state index contributed by atoms with van der Waals surface area (Å²) in [4.78, 5) is 0. The Kier molecular flexibility index (Phi) is 8.15. The first-order valence-electron chi connectivity index (χ1n) is 8.50. The lowest BCUT2D eigenvalue weighted by Gasteiger charge is -2.45. The predicted molar refractivity (Wildman–Crippen MR) is 75.4 cm³/mol. The summed E-state index contributed by atoms with van der Waals surface area (Å²) < 4.78 is 224. The molecule has 0 heterocycles. The van der Waals surface area contributed by atoms with Gasteiger partial charge in [-0.25, -0.2) is 0 Å². The smallest absolute Gasteiger partial charge is 0.384 e. The fourth-order valence-electron chi connectivity index (χ4n) is 2.38. The highest BCUT2D eigenvalue weighted by Crippen LogP contribution is 2.64. The van der Waals surface area contributed by atoms with Gasteiger partial charge in [-0.3, -0.25) is 0 Å². The van der Waals surface area contributed by atoms with Gasteiger partial charge in [-0.1, -0.05) is 26.2 Å². The second kappa shape index (κ2) is 8.46. The third kappa shape index (κ3) is 4.32. The van der Waals surface area contributed by atoms with Crippen molar-refractivity contribution in [1.82, 2.24) is 0 Å². The normalized spacial score (nSPS) is 17.8. The Morgan fingerprint density at radius 1 is 0.455 bits per heavy atom. The molecule has 0 aromatic rings. The Labute approximate surface area is 173 Å². The van der Waals surface area contributed by atoms with Crippen LogP contribution in [0.15, 0.2) is 0 Å². The summed E-state index contributed by atoms with van der Waals surface area (Å²) in [6.07, 6.45) is -9.99. The van der Waals surface area contributed by atoms with Crippen LogP contribution in [0.5, 0.6) is 0 Å². The van der Waals surface area contributed by atoms with Crippen LogP contribution in [0.25, 0.3) is 0 Å². The van der Waals surface area contributed by atoms with Crippen LogP contribution < -0.4 is 0 Å². The molecule has 0 aromatic heterocycles. The lowest BCUT2D eigenvalue weighted by molar-refractivity contribution is -0.466. The number of hydrogen-bond acceptors (Lipinski definition) is 1. The molecule has 0 fully saturated rings. The van der Waals surface area contributed by atoms with Crippen molar-refractivity contribution in [2.24, 2.45) is 0 Å². The predicted octanol–water partition coefficient (Wildman–Crippen LogP) is 7.33. The Hall–Kier alpha value is -1.23. The molecule has 0 aliphatic heterocycles. The number of rotatable bonds is 11. The van der Waals surface area contributed by atoms with Crippen LogP contribution in [0.1, 0.15) is 39.5 Å². The Balaban J connectivity index is 6.70. The maximum Gasteiger partial charge on any atom is 0.460 e. The molecule has 0 aliphatic rings. The van der Waals surface area contributed by atoms with Gasteiger partial charge in [0, 0.05) is 0 Å². The quantitative estimate of drug-likeness (QED) is 0.218. The molecular formula is C15H15F17O. The van der Waals surface area contributed by atoms with E-state index in [0.717, 1.165) is 0 Å². The molecule has 0 rings (SSSR count). The molecule has 0 spiro atoms. The summed E-state index contributed by atoms with van der Waals surface area (Å²) in [6.45, 7) is 1.06. The highest BCUT2D eigenvalue weighted by molar-refractivity contribution is 5.17. The van der Waals surface area contributed by atoms with Gasteiger partial charge in [-0.05, 0) is 13.3 Å². The zero-order valence-corrected chi connectivity index (χ0v) is 16.2. The first-order valence-corrected chi connectivity index (χ1v) is 8.50. The minimum absolute atomic E-state index is 0.138. The van der Waals surface area contributed by atoms with Gasteiger partial charge in [0.05, 0.1) is 0 Å². The van der Waals surface area contributed by atoms with E-state index in [0.29, 0.717) is 0 Å². The molecule has 1 N–H and O–H groups in total. The number of alkyl halides is 17. The van der Waals surface area contributed by atoms with Gasteiger partial charge >= 0.3 is 47.6 Å². The van der Waals surface area contributed by atoms with Crippen molar-refractivity contribution in [2.45, 2.75) is 92.8 Å². The first-order chi connectivity index (χ1) is 14.1. The molecule has 0 bridgehead atoms. The van der Waals surface area contributed by atoms with E-state index in [9.17, 15) is 79.7 Å². The van der Waals surface area contributed by atoms with Crippen molar-refractivity contribution in [3.8, 4) is 0 Å². The average Bonchev–Trinajstić information content (AvgIpc) is 2.59. The van der Waals surface area contributed by atoms with Gasteiger partial charge in [0.1, 0.15) is 5.60 Å². The Morgan fingerprint density at radius 3 is 1.00 bits per heavy atom. The molecule has 200 valence electrons. The van der Waals surface area contributed by atoms with Crippen molar-refractivity contribution in [1.29, 1.82) is 0 Å². The van der Waals surface area contributed by atoms with Gasteiger partial charge < -0.3 is 5.11 Å². The lowest BCUT2D eigenvalue weighted by Crippen LogP contribution is -2.76.